The molecule has 2 aromatic rings. The summed E-state index contributed by atoms with van der Waals surface area (Å²) in [7, 11) is 3.04. The predicted octanol–water partition coefficient (Wildman–Crippen LogP) is 3.25. The molecule has 1 saturated heterocycles. The number of anilines is 1. The zero-order valence-corrected chi connectivity index (χ0v) is 17.3. The molecule has 0 atom stereocenters. The van der Waals surface area contributed by atoms with Gasteiger partial charge in [-0.05, 0) is 17.7 Å². The van der Waals surface area contributed by atoms with E-state index < -0.39 is 0 Å². The van der Waals surface area contributed by atoms with Crippen LogP contribution in [0.1, 0.15) is 5.56 Å². The van der Waals surface area contributed by atoms with Crippen molar-refractivity contribution < 1.29 is 18.7 Å². The number of carbonyl (C=O) groups excluding carboxylic acids is 1. The van der Waals surface area contributed by atoms with Crippen LogP contribution in [0.3, 0.4) is 0 Å². The number of benzene rings is 2. The second-order valence-electron chi connectivity index (χ2n) is 6.91. The predicted molar refractivity (Wildman–Crippen MR) is 111 cm³/mol. The highest BCUT2D eigenvalue weighted by Gasteiger charge is 2.20. The van der Waals surface area contributed by atoms with E-state index >= 15 is 0 Å². The van der Waals surface area contributed by atoms with Crippen molar-refractivity contribution in [3.05, 3.63) is 52.8 Å². The highest BCUT2D eigenvalue weighted by molar-refractivity contribution is 6.32. The number of carbonyl (C=O) groups is 1. The molecule has 0 aliphatic carbocycles. The number of piperazine rings is 1. The Hall–Kier alpha value is -2.35. The van der Waals surface area contributed by atoms with E-state index in [4.69, 9.17) is 21.1 Å². The average Bonchev–Trinajstić information content (AvgIpc) is 2.72. The molecule has 8 heteroatoms. The molecule has 6 nitrogen and oxygen atoms in total. The van der Waals surface area contributed by atoms with E-state index in [-0.39, 0.29) is 11.7 Å². The number of hydrogen-bond acceptors (Lipinski definition) is 5. The Morgan fingerprint density at radius 1 is 1.03 bits per heavy atom. The van der Waals surface area contributed by atoms with Crippen LogP contribution < -0.4 is 14.8 Å². The first-order chi connectivity index (χ1) is 14.0. The minimum Gasteiger partial charge on any atom is -0.495 e. The van der Waals surface area contributed by atoms with Crippen molar-refractivity contribution in [1.82, 2.24) is 9.80 Å². The van der Waals surface area contributed by atoms with E-state index in [2.05, 4.69) is 15.1 Å². The lowest BCUT2D eigenvalue weighted by Gasteiger charge is -2.34. The Morgan fingerprint density at radius 3 is 2.28 bits per heavy atom. The first-order valence-electron chi connectivity index (χ1n) is 9.39. The Bertz CT molecular complexity index is 840. The third-order valence-corrected chi connectivity index (χ3v) is 5.19. The number of halogens is 2. The summed E-state index contributed by atoms with van der Waals surface area (Å²) >= 11 is 6.10. The molecule has 1 heterocycles. The zero-order chi connectivity index (χ0) is 20.8. The summed E-state index contributed by atoms with van der Waals surface area (Å²) in [5, 5.41) is 3.29. The number of methoxy groups -OCH3 is 2. The molecule has 0 unspecified atom stereocenters. The fourth-order valence-corrected chi connectivity index (χ4v) is 3.54. The minimum absolute atomic E-state index is 0.125. The topological polar surface area (TPSA) is 54.0 Å². The first kappa shape index (κ1) is 21.4. The second kappa shape index (κ2) is 9.91. The molecule has 29 heavy (non-hydrogen) atoms. The molecular weight excluding hydrogens is 397 g/mol. The monoisotopic (exact) mass is 421 g/mol. The maximum atomic E-state index is 13.0. The molecule has 1 N–H and O–H groups in total. The van der Waals surface area contributed by atoms with Crippen molar-refractivity contribution in [3.8, 4) is 11.5 Å². The maximum Gasteiger partial charge on any atom is 0.238 e. The summed E-state index contributed by atoms with van der Waals surface area (Å²) in [5.41, 5.74) is 1.61. The number of amides is 1. The SMILES string of the molecule is COc1cc(NC(=O)CN2CCN(Cc3ccc(F)cc3)CC2)c(OC)cc1Cl. The van der Waals surface area contributed by atoms with Crippen LogP contribution in [0, 0.1) is 5.82 Å². The summed E-state index contributed by atoms with van der Waals surface area (Å²) < 4.78 is 23.5. The van der Waals surface area contributed by atoms with E-state index in [1.807, 2.05) is 12.1 Å². The van der Waals surface area contributed by atoms with Crippen LogP contribution in [0.4, 0.5) is 10.1 Å². The van der Waals surface area contributed by atoms with Crippen LogP contribution in [-0.4, -0.2) is 62.7 Å². The fraction of sp³-hybridized carbons (Fsp3) is 0.381. The molecular formula is C21H25ClFN3O3. The molecule has 0 bridgehead atoms. The molecule has 1 aliphatic heterocycles. The quantitative estimate of drug-likeness (QED) is 0.743. The van der Waals surface area contributed by atoms with Gasteiger partial charge in [0.2, 0.25) is 5.91 Å². The summed E-state index contributed by atoms with van der Waals surface area (Å²) in [6.07, 6.45) is 0. The van der Waals surface area contributed by atoms with E-state index in [1.165, 1.54) is 26.4 Å². The Labute approximate surface area is 175 Å². The zero-order valence-electron chi connectivity index (χ0n) is 16.6. The van der Waals surface area contributed by atoms with E-state index in [0.717, 1.165) is 38.3 Å². The lowest BCUT2D eigenvalue weighted by atomic mass is 10.2. The largest absolute Gasteiger partial charge is 0.495 e. The highest BCUT2D eigenvalue weighted by atomic mass is 35.5. The van der Waals surface area contributed by atoms with Crippen molar-refractivity contribution in [1.29, 1.82) is 0 Å². The number of ether oxygens (including phenoxy) is 2. The van der Waals surface area contributed by atoms with Gasteiger partial charge in [0.05, 0.1) is 31.5 Å². The first-order valence-corrected chi connectivity index (χ1v) is 9.77. The fourth-order valence-electron chi connectivity index (χ4n) is 3.30. The molecule has 3 rings (SSSR count). The third kappa shape index (κ3) is 5.82. The van der Waals surface area contributed by atoms with E-state index in [1.54, 1.807) is 12.1 Å². The normalized spacial score (nSPS) is 15.2. The lowest BCUT2D eigenvalue weighted by Crippen LogP contribution is -2.48. The van der Waals surface area contributed by atoms with Crippen LogP contribution in [0.15, 0.2) is 36.4 Å². The molecule has 156 valence electrons. The van der Waals surface area contributed by atoms with Crippen molar-refractivity contribution >= 4 is 23.2 Å². The van der Waals surface area contributed by atoms with Gasteiger partial charge in [-0.15, -0.1) is 0 Å². The van der Waals surface area contributed by atoms with Crippen molar-refractivity contribution in [2.45, 2.75) is 6.54 Å². The molecule has 0 spiro atoms. The van der Waals surface area contributed by atoms with Gasteiger partial charge in [-0.2, -0.15) is 0 Å². The van der Waals surface area contributed by atoms with Gasteiger partial charge in [-0.25, -0.2) is 4.39 Å². The van der Waals surface area contributed by atoms with Gasteiger partial charge in [-0.1, -0.05) is 23.7 Å². The van der Waals surface area contributed by atoms with Gasteiger partial charge in [0.15, 0.2) is 0 Å². The summed E-state index contributed by atoms with van der Waals surface area (Å²) in [6.45, 7) is 4.34. The highest BCUT2D eigenvalue weighted by Crippen LogP contribution is 2.35. The van der Waals surface area contributed by atoms with Gasteiger partial charge in [0.25, 0.3) is 0 Å². The molecule has 0 radical (unpaired) electrons. The van der Waals surface area contributed by atoms with E-state index in [0.29, 0.717) is 28.8 Å². The smallest absolute Gasteiger partial charge is 0.238 e. The van der Waals surface area contributed by atoms with Gasteiger partial charge in [0.1, 0.15) is 17.3 Å². The van der Waals surface area contributed by atoms with E-state index in [9.17, 15) is 9.18 Å². The lowest BCUT2D eigenvalue weighted by molar-refractivity contribution is -0.117. The molecule has 0 aromatic heterocycles. The minimum atomic E-state index is -0.223. The van der Waals surface area contributed by atoms with Gasteiger partial charge in [-0.3, -0.25) is 14.6 Å². The second-order valence-corrected chi connectivity index (χ2v) is 7.32. The van der Waals surface area contributed by atoms with Crippen molar-refractivity contribution in [3.63, 3.8) is 0 Å². The van der Waals surface area contributed by atoms with Crippen LogP contribution in [-0.2, 0) is 11.3 Å². The van der Waals surface area contributed by atoms with Crippen LogP contribution in [0.25, 0.3) is 0 Å². The molecule has 1 amide bonds. The maximum absolute atomic E-state index is 13.0. The van der Waals surface area contributed by atoms with Crippen molar-refractivity contribution in [2.24, 2.45) is 0 Å². The van der Waals surface area contributed by atoms with Crippen molar-refractivity contribution in [2.75, 3.05) is 52.3 Å². The molecule has 1 fully saturated rings. The third-order valence-electron chi connectivity index (χ3n) is 4.90. The number of hydrogen-bond donors (Lipinski definition) is 1. The molecule has 1 aliphatic rings. The van der Waals surface area contributed by atoms with Gasteiger partial charge < -0.3 is 14.8 Å². The summed E-state index contributed by atoms with van der Waals surface area (Å²) in [5.74, 6) is 0.602. The van der Waals surface area contributed by atoms with Gasteiger partial charge in [0, 0.05) is 44.9 Å². The summed E-state index contributed by atoms with van der Waals surface area (Å²) in [6, 6.07) is 9.85. The molecule has 2 aromatic carbocycles. The van der Waals surface area contributed by atoms with Crippen LogP contribution >= 0.6 is 11.6 Å². The molecule has 0 saturated carbocycles. The Morgan fingerprint density at radius 2 is 1.66 bits per heavy atom. The summed E-state index contributed by atoms with van der Waals surface area (Å²) in [4.78, 5) is 16.9. The number of rotatable bonds is 7. The van der Waals surface area contributed by atoms with Crippen LogP contribution in [0.2, 0.25) is 5.02 Å². The van der Waals surface area contributed by atoms with Gasteiger partial charge >= 0.3 is 0 Å². The number of nitrogens with one attached hydrogen (secondary N) is 1. The Balaban J connectivity index is 1.50. The number of nitrogens with zero attached hydrogens (tertiary/aromatic N) is 2. The Kier molecular flexibility index (Phi) is 7.30. The average molecular weight is 422 g/mol. The van der Waals surface area contributed by atoms with Crippen LogP contribution in [0.5, 0.6) is 11.5 Å². The standard InChI is InChI=1S/C21H25ClFN3O3/c1-28-19-12-18(20(29-2)11-17(19)22)24-21(27)14-26-9-7-25(8-10-26)13-15-3-5-16(23)6-4-15/h3-6,11-12H,7-10,13-14H2,1-2H3,(H,24,27).